The highest BCUT2D eigenvalue weighted by Gasteiger charge is 2.09. The minimum absolute atomic E-state index is 0.0604. The Morgan fingerprint density at radius 3 is 2.87 bits per heavy atom. The van der Waals surface area contributed by atoms with E-state index >= 15 is 0 Å². The number of carbonyl (C=O) groups is 1. The Morgan fingerprint density at radius 1 is 1.22 bits per heavy atom. The van der Waals surface area contributed by atoms with E-state index in [1.807, 2.05) is 55.5 Å². The molecule has 2 aromatic carbocycles. The summed E-state index contributed by atoms with van der Waals surface area (Å²) < 4.78 is 7.10. The van der Waals surface area contributed by atoms with Crippen molar-refractivity contribution in [2.24, 2.45) is 0 Å². The van der Waals surface area contributed by atoms with Crippen LogP contribution in [-0.4, -0.2) is 27.3 Å². The summed E-state index contributed by atoms with van der Waals surface area (Å²) in [7, 11) is 0. The van der Waals surface area contributed by atoms with Crippen LogP contribution in [0.2, 0.25) is 0 Å². The molecule has 116 valence electrons. The molecule has 0 saturated heterocycles. The highest BCUT2D eigenvalue weighted by atomic mass is 16.5. The van der Waals surface area contributed by atoms with Crippen molar-refractivity contribution >= 4 is 11.6 Å². The third-order valence-corrected chi connectivity index (χ3v) is 3.20. The van der Waals surface area contributed by atoms with Gasteiger partial charge in [-0.3, -0.25) is 4.79 Å². The number of hydrogen-bond acceptors (Lipinski definition) is 4. The molecular weight excluding hydrogens is 292 g/mol. The summed E-state index contributed by atoms with van der Waals surface area (Å²) >= 11 is 0. The van der Waals surface area contributed by atoms with Crippen molar-refractivity contribution < 1.29 is 9.53 Å². The Hall–Kier alpha value is -3.15. The molecule has 0 atom stereocenters. The summed E-state index contributed by atoms with van der Waals surface area (Å²) in [5, 5.41) is 6.91. The molecule has 0 aliphatic rings. The quantitative estimate of drug-likeness (QED) is 0.786. The van der Waals surface area contributed by atoms with E-state index in [-0.39, 0.29) is 12.5 Å². The van der Waals surface area contributed by atoms with Crippen molar-refractivity contribution in [2.75, 3.05) is 11.9 Å². The van der Waals surface area contributed by atoms with E-state index in [1.54, 1.807) is 11.0 Å². The second-order valence-electron chi connectivity index (χ2n) is 5.01. The molecule has 0 unspecified atom stereocenters. The van der Waals surface area contributed by atoms with E-state index in [1.165, 1.54) is 6.33 Å². The highest BCUT2D eigenvalue weighted by Crippen LogP contribution is 2.18. The number of carbonyl (C=O) groups excluding carboxylic acids is 1. The number of benzene rings is 2. The first-order valence-electron chi connectivity index (χ1n) is 7.16. The van der Waals surface area contributed by atoms with Crippen LogP contribution >= 0.6 is 0 Å². The molecule has 0 spiro atoms. The molecule has 0 aliphatic carbocycles. The van der Waals surface area contributed by atoms with Gasteiger partial charge in [-0.1, -0.05) is 24.3 Å². The zero-order chi connectivity index (χ0) is 16.1. The molecule has 23 heavy (non-hydrogen) atoms. The average molecular weight is 308 g/mol. The van der Waals surface area contributed by atoms with E-state index in [9.17, 15) is 4.79 Å². The van der Waals surface area contributed by atoms with Crippen LogP contribution in [0.3, 0.4) is 0 Å². The van der Waals surface area contributed by atoms with Crippen LogP contribution in [0, 0.1) is 6.92 Å². The summed E-state index contributed by atoms with van der Waals surface area (Å²) in [4.78, 5) is 16.0. The van der Waals surface area contributed by atoms with E-state index in [4.69, 9.17) is 4.74 Å². The van der Waals surface area contributed by atoms with Crippen LogP contribution in [0.4, 0.5) is 5.69 Å². The molecule has 1 heterocycles. The van der Waals surface area contributed by atoms with Crippen LogP contribution < -0.4 is 10.1 Å². The number of aryl methyl sites for hydroxylation is 1. The Bertz CT molecular complexity index is 800. The van der Waals surface area contributed by atoms with Crippen molar-refractivity contribution in [1.82, 2.24) is 14.8 Å². The predicted octanol–water partition coefficient (Wildman–Crippen LogP) is 2.59. The molecule has 1 N–H and O–H groups in total. The maximum Gasteiger partial charge on any atom is 0.262 e. The van der Waals surface area contributed by atoms with Crippen molar-refractivity contribution in [1.29, 1.82) is 0 Å². The number of ether oxygens (including phenoxy) is 1. The topological polar surface area (TPSA) is 69.0 Å². The maximum atomic E-state index is 12.1. The van der Waals surface area contributed by atoms with Crippen LogP contribution in [0.5, 0.6) is 5.75 Å². The van der Waals surface area contributed by atoms with Crippen molar-refractivity contribution in [3.05, 3.63) is 66.7 Å². The van der Waals surface area contributed by atoms with Gasteiger partial charge in [0.25, 0.3) is 5.91 Å². The summed E-state index contributed by atoms with van der Waals surface area (Å²) in [6, 6.07) is 14.9. The fourth-order valence-corrected chi connectivity index (χ4v) is 2.15. The Morgan fingerprint density at radius 2 is 2.09 bits per heavy atom. The molecule has 0 bridgehead atoms. The van der Waals surface area contributed by atoms with Gasteiger partial charge in [-0.25, -0.2) is 9.67 Å². The second kappa shape index (κ2) is 6.74. The molecule has 1 amide bonds. The first-order chi connectivity index (χ1) is 11.2. The van der Waals surface area contributed by atoms with E-state index in [0.29, 0.717) is 11.4 Å². The number of para-hydroxylation sites is 2. The number of nitrogens with one attached hydrogen (secondary N) is 1. The van der Waals surface area contributed by atoms with Gasteiger partial charge in [0, 0.05) is 0 Å². The van der Waals surface area contributed by atoms with Gasteiger partial charge in [0.2, 0.25) is 0 Å². The first-order valence-corrected chi connectivity index (χ1v) is 7.16. The van der Waals surface area contributed by atoms with Gasteiger partial charge in [0.15, 0.2) is 6.61 Å². The number of nitrogens with zero attached hydrogens (tertiary/aromatic N) is 3. The smallest absolute Gasteiger partial charge is 0.262 e. The fourth-order valence-electron chi connectivity index (χ4n) is 2.15. The second-order valence-corrected chi connectivity index (χ2v) is 5.01. The van der Waals surface area contributed by atoms with Gasteiger partial charge in [-0.2, -0.15) is 5.10 Å². The third-order valence-electron chi connectivity index (χ3n) is 3.20. The van der Waals surface area contributed by atoms with Crippen molar-refractivity contribution in [2.45, 2.75) is 6.92 Å². The standard InChI is InChI=1S/C17H16N4O2/c1-13-5-4-6-14(9-13)23-10-17(22)20-15-7-2-3-8-16(15)21-12-18-11-19-21/h2-9,11-12H,10H2,1H3,(H,20,22). The molecule has 3 aromatic rings. The minimum Gasteiger partial charge on any atom is -0.484 e. The molecule has 0 aliphatic heterocycles. The van der Waals surface area contributed by atoms with Crippen LogP contribution in [0.1, 0.15) is 5.56 Å². The average Bonchev–Trinajstić information content (AvgIpc) is 3.08. The third kappa shape index (κ3) is 3.74. The lowest BCUT2D eigenvalue weighted by Crippen LogP contribution is -2.21. The lowest BCUT2D eigenvalue weighted by Gasteiger charge is -2.11. The number of hydrogen-bond donors (Lipinski definition) is 1. The first kappa shape index (κ1) is 14.8. The molecule has 1 aromatic heterocycles. The molecule has 6 heteroatoms. The lowest BCUT2D eigenvalue weighted by atomic mass is 10.2. The molecule has 0 radical (unpaired) electrons. The van der Waals surface area contributed by atoms with Gasteiger partial charge in [-0.05, 0) is 36.8 Å². The fraction of sp³-hybridized carbons (Fsp3) is 0.118. The van der Waals surface area contributed by atoms with E-state index in [0.717, 1.165) is 11.3 Å². The summed E-state index contributed by atoms with van der Waals surface area (Å²) in [6.45, 7) is 1.91. The largest absolute Gasteiger partial charge is 0.484 e. The lowest BCUT2D eigenvalue weighted by molar-refractivity contribution is -0.118. The summed E-state index contributed by atoms with van der Waals surface area (Å²) in [5.41, 5.74) is 2.48. The van der Waals surface area contributed by atoms with Gasteiger partial charge >= 0.3 is 0 Å². The van der Waals surface area contributed by atoms with Crippen molar-refractivity contribution in [3.63, 3.8) is 0 Å². The summed E-state index contributed by atoms with van der Waals surface area (Å²) in [5.74, 6) is 0.434. The zero-order valence-corrected chi connectivity index (χ0v) is 12.6. The van der Waals surface area contributed by atoms with Crippen LogP contribution in [-0.2, 0) is 4.79 Å². The minimum atomic E-state index is -0.237. The van der Waals surface area contributed by atoms with E-state index < -0.39 is 0 Å². The van der Waals surface area contributed by atoms with Crippen molar-refractivity contribution in [3.8, 4) is 11.4 Å². The van der Waals surface area contributed by atoms with Crippen LogP contribution in [0.25, 0.3) is 5.69 Å². The normalized spacial score (nSPS) is 10.3. The molecular formula is C17H16N4O2. The molecule has 3 rings (SSSR count). The Balaban J connectivity index is 1.67. The van der Waals surface area contributed by atoms with Crippen LogP contribution in [0.15, 0.2) is 61.2 Å². The molecule has 0 saturated carbocycles. The Kier molecular flexibility index (Phi) is 4.33. The number of anilines is 1. The Labute approximate surface area is 133 Å². The number of aromatic nitrogens is 3. The van der Waals surface area contributed by atoms with Gasteiger partial charge in [0.05, 0.1) is 11.4 Å². The zero-order valence-electron chi connectivity index (χ0n) is 12.6. The molecule has 0 fully saturated rings. The monoisotopic (exact) mass is 308 g/mol. The SMILES string of the molecule is Cc1cccc(OCC(=O)Nc2ccccc2-n2cncn2)c1. The summed E-state index contributed by atoms with van der Waals surface area (Å²) in [6.07, 6.45) is 3.02. The predicted molar refractivity (Wildman–Crippen MR) is 86.7 cm³/mol. The number of rotatable bonds is 5. The van der Waals surface area contributed by atoms with E-state index in [2.05, 4.69) is 15.4 Å². The van der Waals surface area contributed by atoms with Gasteiger partial charge in [-0.15, -0.1) is 0 Å². The van der Waals surface area contributed by atoms with Gasteiger partial charge in [0.1, 0.15) is 18.4 Å². The molecule has 6 nitrogen and oxygen atoms in total. The highest BCUT2D eigenvalue weighted by molar-refractivity contribution is 5.93. The van der Waals surface area contributed by atoms with Gasteiger partial charge < -0.3 is 10.1 Å². The number of amides is 1. The maximum absolute atomic E-state index is 12.1.